The molecule has 0 fully saturated rings. The molecule has 2 aromatic rings. The normalized spacial score (nSPS) is 9.71. The Morgan fingerprint density at radius 2 is 2.12 bits per heavy atom. The van der Waals surface area contributed by atoms with Crippen LogP contribution in [0.2, 0.25) is 5.02 Å². The zero-order valence-corrected chi connectivity index (χ0v) is 11.0. The molecule has 0 saturated carbocycles. The Labute approximate surface area is 112 Å². The topological polar surface area (TPSA) is 48.7 Å². The number of anilines is 2. The molecule has 84 valence electrons. The van der Waals surface area contributed by atoms with Gasteiger partial charge in [-0.3, -0.25) is 0 Å². The number of pyridine rings is 1. The molecular weight excluding hydrogens is 302 g/mol. The summed E-state index contributed by atoms with van der Waals surface area (Å²) in [6, 6.07) is 10.8. The van der Waals surface area contributed by atoms with E-state index in [0.29, 0.717) is 22.1 Å². The van der Waals surface area contributed by atoms with Crippen LogP contribution in [0.3, 0.4) is 0 Å². The molecule has 0 atom stereocenters. The molecule has 0 aliphatic heterocycles. The maximum absolute atomic E-state index is 8.81. The lowest BCUT2D eigenvalue weighted by Crippen LogP contribution is -1.94. The van der Waals surface area contributed by atoms with Gasteiger partial charge in [-0.25, -0.2) is 4.98 Å². The van der Waals surface area contributed by atoms with E-state index in [9.17, 15) is 0 Å². The third kappa shape index (κ3) is 2.96. The Morgan fingerprint density at radius 3 is 2.76 bits per heavy atom. The summed E-state index contributed by atoms with van der Waals surface area (Å²) in [5, 5.41) is 12.4. The Morgan fingerprint density at radius 1 is 1.29 bits per heavy atom. The molecule has 1 aromatic carbocycles. The van der Waals surface area contributed by atoms with Gasteiger partial charge < -0.3 is 5.32 Å². The molecule has 0 radical (unpaired) electrons. The lowest BCUT2D eigenvalue weighted by atomic mass is 10.2. The second-order valence-corrected chi connectivity index (χ2v) is 4.62. The van der Waals surface area contributed by atoms with Gasteiger partial charge in [0, 0.05) is 10.7 Å². The number of hydrogen-bond acceptors (Lipinski definition) is 3. The Kier molecular flexibility index (Phi) is 3.62. The van der Waals surface area contributed by atoms with Gasteiger partial charge in [-0.1, -0.05) is 11.6 Å². The molecule has 0 unspecified atom stereocenters. The van der Waals surface area contributed by atoms with Crippen molar-refractivity contribution in [2.75, 3.05) is 5.32 Å². The van der Waals surface area contributed by atoms with Gasteiger partial charge in [-0.05, 0) is 46.3 Å². The Balaban J connectivity index is 2.29. The molecule has 0 amide bonds. The van der Waals surface area contributed by atoms with Gasteiger partial charge in [-0.15, -0.1) is 0 Å². The van der Waals surface area contributed by atoms with Crippen LogP contribution < -0.4 is 5.32 Å². The maximum Gasteiger partial charge on any atom is 0.130 e. The number of aromatic nitrogens is 1. The first kappa shape index (κ1) is 11.9. The van der Waals surface area contributed by atoms with Crippen molar-refractivity contribution in [3.05, 3.63) is 51.6 Å². The average molecular weight is 309 g/mol. The van der Waals surface area contributed by atoms with E-state index in [1.165, 1.54) is 0 Å². The van der Waals surface area contributed by atoms with E-state index in [2.05, 4.69) is 32.3 Å². The van der Waals surface area contributed by atoms with Crippen molar-refractivity contribution >= 4 is 39.0 Å². The van der Waals surface area contributed by atoms with Crippen LogP contribution in [0.25, 0.3) is 0 Å². The minimum absolute atomic E-state index is 0.550. The molecular formula is C12H7BrClN3. The fourth-order valence-electron chi connectivity index (χ4n) is 1.28. The van der Waals surface area contributed by atoms with Crippen LogP contribution in [-0.4, -0.2) is 4.98 Å². The smallest absolute Gasteiger partial charge is 0.130 e. The molecule has 0 spiro atoms. The number of rotatable bonds is 2. The summed E-state index contributed by atoms with van der Waals surface area (Å²) in [6.07, 6.45) is 1.68. The molecule has 17 heavy (non-hydrogen) atoms. The fourth-order valence-corrected chi connectivity index (χ4v) is 1.68. The van der Waals surface area contributed by atoms with Crippen LogP contribution in [0.15, 0.2) is 41.0 Å². The van der Waals surface area contributed by atoms with Gasteiger partial charge in [0.15, 0.2) is 0 Å². The molecule has 1 N–H and O–H groups in total. The summed E-state index contributed by atoms with van der Waals surface area (Å²) in [5.41, 5.74) is 1.22. The second kappa shape index (κ2) is 5.17. The van der Waals surface area contributed by atoms with Crippen molar-refractivity contribution in [1.29, 1.82) is 5.26 Å². The van der Waals surface area contributed by atoms with Crippen molar-refractivity contribution in [2.45, 2.75) is 0 Å². The first-order chi connectivity index (χ1) is 8.19. The first-order valence-electron chi connectivity index (χ1n) is 4.77. The van der Waals surface area contributed by atoms with Gasteiger partial charge in [0.1, 0.15) is 5.82 Å². The number of nitriles is 1. The van der Waals surface area contributed by atoms with Crippen molar-refractivity contribution in [3.8, 4) is 6.07 Å². The van der Waals surface area contributed by atoms with Crippen LogP contribution in [0.5, 0.6) is 0 Å². The fraction of sp³-hybridized carbons (Fsp3) is 0. The SMILES string of the molecule is N#Cc1ccc(Cl)c(Nc2ccc(Br)cn2)c1. The summed E-state index contributed by atoms with van der Waals surface area (Å²) >= 11 is 9.33. The predicted molar refractivity (Wildman–Crippen MR) is 71.4 cm³/mol. The molecule has 3 nitrogen and oxygen atoms in total. The Bertz CT molecular complexity index is 575. The number of nitrogens with one attached hydrogen (secondary N) is 1. The summed E-state index contributed by atoms with van der Waals surface area (Å²) < 4.78 is 0.903. The number of hydrogen-bond donors (Lipinski definition) is 1. The molecule has 5 heteroatoms. The number of halogens is 2. The van der Waals surface area contributed by atoms with Gasteiger partial charge in [0.2, 0.25) is 0 Å². The van der Waals surface area contributed by atoms with Crippen molar-refractivity contribution in [2.24, 2.45) is 0 Å². The van der Waals surface area contributed by atoms with Crippen molar-refractivity contribution < 1.29 is 0 Å². The van der Waals surface area contributed by atoms with Gasteiger partial charge in [0.25, 0.3) is 0 Å². The van der Waals surface area contributed by atoms with Crippen LogP contribution in [0, 0.1) is 11.3 Å². The van der Waals surface area contributed by atoms with Gasteiger partial charge in [0.05, 0.1) is 22.3 Å². The predicted octanol–water partition coefficient (Wildman–Crippen LogP) is 4.11. The number of benzene rings is 1. The average Bonchev–Trinajstić information content (AvgIpc) is 2.35. The van der Waals surface area contributed by atoms with E-state index in [1.54, 1.807) is 24.4 Å². The first-order valence-corrected chi connectivity index (χ1v) is 5.94. The quantitative estimate of drug-likeness (QED) is 0.908. The summed E-state index contributed by atoms with van der Waals surface area (Å²) in [6.45, 7) is 0. The van der Waals surface area contributed by atoms with Gasteiger partial charge >= 0.3 is 0 Å². The van der Waals surface area contributed by atoms with Crippen molar-refractivity contribution in [3.63, 3.8) is 0 Å². The summed E-state index contributed by atoms with van der Waals surface area (Å²) in [7, 11) is 0. The molecule has 0 aliphatic rings. The van der Waals surface area contributed by atoms with E-state index in [1.807, 2.05) is 12.1 Å². The molecule has 0 bridgehead atoms. The van der Waals surface area contributed by atoms with E-state index in [0.717, 1.165) is 4.47 Å². The lowest BCUT2D eigenvalue weighted by molar-refractivity contribution is 1.29. The number of nitrogens with zero attached hydrogens (tertiary/aromatic N) is 2. The molecule has 0 aliphatic carbocycles. The van der Waals surface area contributed by atoms with Crippen molar-refractivity contribution in [1.82, 2.24) is 4.98 Å². The van der Waals surface area contributed by atoms with Crippen LogP contribution in [0.1, 0.15) is 5.56 Å². The third-order valence-corrected chi connectivity index (χ3v) is 2.88. The largest absolute Gasteiger partial charge is 0.339 e. The monoisotopic (exact) mass is 307 g/mol. The standard InChI is InChI=1S/C12H7BrClN3/c13-9-2-4-12(16-7-9)17-11-5-8(6-15)1-3-10(11)14/h1-5,7H,(H,16,17). The molecule has 2 rings (SSSR count). The highest BCUT2D eigenvalue weighted by Crippen LogP contribution is 2.25. The maximum atomic E-state index is 8.81. The highest BCUT2D eigenvalue weighted by Gasteiger charge is 2.03. The molecule has 1 heterocycles. The van der Waals surface area contributed by atoms with Crippen LogP contribution in [-0.2, 0) is 0 Å². The van der Waals surface area contributed by atoms with Crippen LogP contribution >= 0.6 is 27.5 Å². The zero-order chi connectivity index (χ0) is 12.3. The summed E-state index contributed by atoms with van der Waals surface area (Å²) in [4.78, 5) is 4.17. The van der Waals surface area contributed by atoms with Gasteiger partial charge in [-0.2, -0.15) is 5.26 Å². The summed E-state index contributed by atoms with van der Waals surface area (Å²) in [5.74, 6) is 0.671. The highest BCUT2D eigenvalue weighted by atomic mass is 79.9. The molecule has 1 aromatic heterocycles. The molecule has 0 saturated heterocycles. The second-order valence-electron chi connectivity index (χ2n) is 3.29. The zero-order valence-electron chi connectivity index (χ0n) is 8.61. The lowest BCUT2D eigenvalue weighted by Gasteiger charge is -2.07. The van der Waals surface area contributed by atoms with E-state index >= 15 is 0 Å². The van der Waals surface area contributed by atoms with E-state index in [4.69, 9.17) is 16.9 Å². The minimum atomic E-state index is 0.550. The highest BCUT2D eigenvalue weighted by molar-refractivity contribution is 9.10. The van der Waals surface area contributed by atoms with Crippen LogP contribution in [0.4, 0.5) is 11.5 Å². The van der Waals surface area contributed by atoms with E-state index < -0.39 is 0 Å². The van der Waals surface area contributed by atoms with E-state index in [-0.39, 0.29) is 0 Å². The third-order valence-electron chi connectivity index (χ3n) is 2.09. The Hall–Kier alpha value is -1.57. The minimum Gasteiger partial charge on any atom is -0.339 e.